The fourth-order valence-corrected chi connectivity index (χ4v) is 1.65. The molecule has 0 fully saturated rings. The van der Waals surface area contributed by atoms with Crippen molar-refractivity contribution in [2.45, 2.75) is 0 Å². The van der Waals surface area contributed by atoms with E-state index < -0.39 is 11.8 Å². The third-order valence-electron chi connectivity index (χ3n) is 2.13. The van der Waals surface area contributed by atoms with Gasteiger partial charge in [-0.3, -0.25) is 4.98 Å². The normalized spacial score (nSPS) is 10.1. The summed E-state index contributed by atoms with van der Waals surface area (Å²) >= 11 is 3.21. The van der Waals surface area contributed by atoms with Crippen molar-refractivity contribution in [3.8, 4) is 11.5 Å². The number of halogens is 2. The zero-order chi connectivity index (χ0) is 13.1. The van der Waals surface area contributed by atoms with E-state index in [0.717, 1.165) is 18.2 Å². The van der Waals surface area contributed by atoms with Crippen LogP contribution in [0.15, 0.2) is 41.1 Å². The second-order valence-corrected chi connectivity index (χ2v) is 4.21. The van der Waals surface area contributed by atoms with E-state index in [1.165, 1.54) is 12.4 Å². The minimum absolute atomic E-state index is 0.0607. The van der Waals surface area contributed by atoms with Gasteiger partial charge in [0.05, 0.1) is 4.47 Å². The first kappa shape index (κ1) is 12.5. The van der Waals surface area contributed by atoms with Crippen LogP contribution in [0.5, 0.6) is 11.5 Å². The minimum Gasteiger partial charge on any atom is -0.478 e. The number of benzene rings is 1. The molecule has 0 aliphatic heterocycles. The van der Waals surface area contributed by atoms with E-state index in [2.05, 4.69) is 20.9 Å². The summed E-state index contributed by atoms with van der Waals surface area (Å²) in [6.07, 6.45) is 2.98. The van der Waals surface area contributed by atoms with Gasteiger partial charge in [-0.1, -0.05) is 0 Å². The summed E-state index contributed by atoms with van der Waals surface area (Å²) in [7, 11) is 0. The predicted molar refractivity (Wildman–Crippen MR) is 65.4 cm³/mol. The lowest BCUT2D eigenvalue weighted by molar-refractivity contribution is 0.0694. The van der Waals surface area contributed by atoms with E-state index in [-0.39, 0.29) is 11.3 Å². The number of rotatable bonds is 3. The Hall–Kier alpha value is -1.95. The number of carbonyl (C=O) groups is 1. The zero-order valence-electron chi connectivity index (χ0n) is 8.93. The quantitative estimate of drug-likeness (QED) is 0.943. The van der Waals surface area contributed by atoms with Gasteiger partial charge < -0.3 is 9.84 Å². The highest BCUT2D eigenvalue weighted by Gasteiger charge is 2.14. The number of carboxylic acids is 1. The summed E-state index contributed by atoms with van der Waals surface area (Å²) in [5, 5.41) is 8.98. The Morgan fingerprint density at radius 2 is 2.11 bits per heavy atom. The van der Waals surface area contributed by atoms with Gasteiger partial charge in [0.2, 0.25) is 0 Å². The van der Waals surface area contributed by atoms with Gasteiger partial charge >= 0.3 is 5.97 Å². The summed E-state index contributed by atoms with van der Waals surface area (Å²) < 4.78 is 19.0. The summed E-state index contributed by atoms with van der Waals surface area (Å²) in [6.45, 7) is 0. The van der Waals surface area contributed by atoms with Crippen molar-refractivity contribution in [1.29, 1.82) is 0 Å². The number of hydrogen-bond donors (Lipinski definition) is 1. The van der Waals surface area contributed by atoms with Crippen molar-refractivity contribution >= 4 is 21.9 Å². The van der Waals surface area contributed by atoms with Crippen LogP contribution in [0.4, 0.5) is 4.39 Å². The van der Waals surface area contributed by atoms with E-state index in [0.29, 0.717) is 10.2 Å². The molecule has 0 bridgehead atoms. The van der Waals surface area contributed by atoms with Crippen molar-refractivity contribution in [3.05, 3.63) is 52.5 Å². The lowest BCUT2D eigenvalue weighted by atomic mass is 10.2. The maximum absolute atomic E-state index is 13.1. The average Bonchev–Trinajstić information content (AvgIpc) is 2.32. The monoisotopic (exact) mass is 311 g/mol. The Morgan fingerprint density at radius 3 is 2.78 bits per heavy atom. The van der Waals surface area contributed by atoms with Crippen molar-refractivity contribution < 1.29 is 19.0 Å². The van der Waals surface area contributed by atoms with Gasteiger partial charge in [-0.2, -0.15) is 0 Å². The molecule has 0 amide bonds. The second kappa shape index (κ2) is 5.14. The van der Waals surface area contributed by atoms with Crippen LogP contribution in [-0.4, -0.2) is 16.1 Å². The fraction of sp³-hybridized carbons (Fsp3) is 0. The van der Waals surface area contributed by atoms with E-state index >= 15 is 0 Å². The lowest BCUT2D eigenvalue weighted by Crippen LogP contribution is -2.00. The number of aromatic carboxylic acids is 1. The molecule has 4 nitrogen and oxygen atoms in total. The summed E-state index contributed by atoms with van der Waals surface area (Å²) in [5.74, 6) is -1.46. The van der Waals surface area contributed by atoms with Gasteiger partial charge in [0, 0.05) is 24.5 Å². The summed E-state index contributed by atoms with van der Waals surface area (Å²) in [6, 6.07) is 4.79. The molecule has 2 aromatic rings. The van der Waals surface area contributed by atoms with Gasteiger partial charge in [0.15, 0.2) is 0 Å². The molecule has 1 heterocycles. The first-order valence-corrected chi connectivity index (χ1v) is 5.67. The zero-order valence-corrected chi connectivity index (χ0v) is 10.5. The smallest absolute Gasteiger partial charge is 0.339 e. The molecule has 0 aliphatic carbocycles. The topological polar surface area (TPSA) is 59.4 Å². The van der Waals surface area contributed by atoms with Crippen LogP contribution in [0.2, 0.25) is 0 Å². The molecule has 18 heavy (non-hydrogen) atoms. The van der Waals surface area contributed by atoms with Crippen molar-refractivity contribution in [1.82, 2.24) is 4.98 Å². The van der Waals surface area contributed by atoms with Gasteiger partial charge in [-0.05, 0) is 28.1 Å². The van der Waals surface area contributed by atoms with Crippen LogP contribution in [0.1, 0.15) is 10.4 Å². The molecule has 0 saturated carbocycles. The molecule has 6 heteroatoms. The number of nitrogens with zero attached hydrogens (tertiary/aromatic N) is 1. The number of carboxylic acid groups (broad SMARTS) is 1. The molecule has 1 aromatic carbocycles. The number of ether oxygens (including phenoxy) is 1. The van der Waals surface area contributed by atoms with Crippen molar-refractivity contribution in [2.24, 2.45) is 0 Å². The van der Waals surface area contributed by atoms with Crippen LogP contribution in [0.3, 0.4) is 0 Å². The SMILES string of the molecule is O=C(O)c1ccc(F)cc1Oc1ccncc1Br. The highest BCUT2D eigenvalue weighted by Crippen LogP contribution is 2.31. The Morgan fingerprint density at radius 1 is 1.33 bits per heavy atom. The fourth-order valence-electron chi connectivity index (χ4n) is 1.32. The van der Waals surface area contributed by atoms with Crippen molar-refractivity contribution in [2.75, 3.05) is 0 Å². The molecule has 0 saturated heterocycles. The van der Waals surface area contributed by atoms with Gasteiger partial charge in [0.25, 0.3) is 0 Å². The largest absolute Gasteiger partial charge is 0.478 e. The molecule has 0 atom stereocenters. The molecule has 0 aliphatic rings. The number of hydrogen-bond acceptors (Lipinski definition) is 3. The Kier molecular flexibility index (Phi) is 3.57. The second-order valence-electron chi connectivity index (χ2n) is 3.35. The molecule has 0 unspecified atom stereocenters. The maximum atomic E-state index is 13.1. The molecule has 92 valence electrons. The Bertz CT molecular complexity index is 604. The molecular weight excluding hydrogens is 305 g/mol. The van der Waals surface area contributed by atoms with Gasteiger partial charge in [0.1, 0.15) is 22.9 Å². The van der Waals surface area contributed by atoms with E-state index in [1.54, 1.807) is 6.07 Å². The first-order chi connectivity index (χ1) is 8.58. The highest BCUT2D eigenvalue weighted by atomic mass is 79.9. The van der Waals surface area contributed by atoms with Crippen LogP contribution >= 0.6 is 15.9 Å². The summed E-state index contributed by atoms with van der Waals surface area (Å²) in [4.78, 5) is 14.8. The molecule has 1 aromatic heterocycles. The van der Waals surface area contributed by atoms with Crippen LogP contribution in [0, 0.1) is 5.82 Å². The lowest BCUT2D eigenvalue weighted by Gasteiger charge is -2.09. The molecule has 2 rings (SSSR count). The van der Waals surface area contributed by atoms with Crippen LogP contribution < -0.4 is 4.74 Å². The van der Waals surface area contributed by atoms with Crippen molar-refractivity contribution in [3.63, 3.8) is 0 Å². The molecule has 0 radical (unpaired) electrons. The average molecular weight is 312 g/mol. The maximum Gasteiger partial charge on any atom is 0.339 e. The van der Waals surface area contributed by atoms with Crippen LogP contribution in [0.25, 0.3) is 0 Å². The standard InChI is InChI=1S/C12H7BrFNO3/c13-9-6-15-4-3-10(9)18-11-5-7(14)1-2-8(11)12(16)17/h1-6H,(H,16,17). The Labute approximate surface area is 110 Å². The third-order valence-corrected chi connectivity index (χ3v) is 2.72. The number of pyridine rings is 1. The van der Waals surface area contributed by atoms with Crippen LogP contribution in [-0.2, 0) is 0 Å². The molecule has 0 spiro atoms. The number of aromatic nitrogens is 1. The van der Waals surface area contributed by atoms with E-state index in [9.17, 15) is 9.18 Å². The van der Waals surface area contributed by atoms with Gasteiger partial charge in [-0.25, -0.2) is 9.18 Å². The first-order valence-electron chi connectivity index (χ1n) is 4.88. The van der Waals surface area contributed by atoms with E-state index in [1.807, 2.05) is 0 Å². The third kappa shape index (κ3) is 2.65. The predicted octanol–water partition coefficient (Wildman–Crippen LogP) is 3.47. The summed E-state index contributed by atoms with van der Waals surface area (Å²) in [5.41, 5.74) is -0.111. The molecular formula is C12H7BrFNO3. The Balaban J connectivity index is 2.42. The van der Waals surface area contributed by atoms with Gasteiger partial charge in [-0.15, -0.1) is 0 Å². The highest BCUT2D eigenvalue weighted by molar-refractivity contribution is 9.10. The van der Waals surface area contributed by atoms with E-state index in [4.69, 9.17) is 9.84 Å². The molecule has 1 N–H and O–H groups in total. The minimum atomic E-state index is -1.19.